The molecule has 0 fully saturated rings. The molecule has 110 valence electrons. The van der Waals surface area contributed by atoms with Crippen LogP contribution in [0.3, 0.4) is 0 Å². The molecule has 1 aromatic rings. The van der Waals surface area contributed by atoms with E-state index >= 15 is 0 Å². The minimum atomic E-state index is -0.608. The van der Waals surface area contributed by atoms with Crippen molar-refractivity contribution in [3.63, 3.8) is 0 Å². The Balaban J connectivity index is 2.66. The first-order chi connectivity index (χ1) is 9.40. The Bertz CT molecular complexity index is 484. The number of nitrogens with zero attached hydrogens (tertiary/aromatic N) is 1. The zero-order chi connectivity index (χ0) is 15.2. The van der Waals surface area contributed by atoms with Gasteiger partial charge in [-0.1, -0.05) is 6.92 Å². The van der Waals surface area contributed by atoms with Gasteiger partial charge in [-0.2, -0.15) is 5.26 Å². The summed E-state index contributed by atoms with van der Waals surface area (Å²) in [6.07, 6.45) is 1.41. The molecule has 1 aromatic carbocycles. The number of hydrogen-bond donors (Lipinski definition) is 1. The van der Waals surface area contributed by atoms with Crippen LogP contribution in [0.5, 0.6) is 5.75 Å². The normalized spacial score (nSPS) is 15.2. The number of aryl methyl sites for hydroxylation is 1. The zero-order valence-corrected chi connectivity index (χ0v) is 12.7. The first kappa shape index (κ1) is 16.5. The van der Waals surface area contributed by atoms with Crippen LogP contribution in [0, 0.1) is 24.1 Å². The third-order valence-corrected chi connectivity index (χ3v) is 3.17. The smallest absolute Gasteiger partial charge is 0.123 e. The summed E-state index contributed by atoms with van der Waals surface area (Å²) < 4.78 is 18.9. The second kappa shape index (κ2) is 7.25. The minimum Gasteiger partial charge on any atom is -0.490 e. The zero-order valence-electron chi connectivity index (χ0n) is 12.7. The van der Waals surface area contributed by atoms with Crippen molar-refractivity contribution < 1.29 is 9.13 Å². The van der Waals surface area contributed by atoms with Crippen LogP contribution in [0.4, 0.5) is 4.39 Å². The van der Waals surface area contributed by atoms with Gasteiger partial charge in [0.2, 0.25) is 0 Å². The molecule has 1 rings (SSSR count). The van der Waals surface area contributed by atoms with Crippen molar-refractivity contribution in [1.29, 1.82) is 5.26 Å². The third-order valence-electron chi connectivity index (χ3n) is 3.17. The van der Waals surface area contributed by atoms with Gasteiger partial charge in [0.25, 0.3) is 0 Å². The van der Waals surface area contributed by atoms with Crippen LogP contribution in [0.25, 0.3) is 0 Å². The predicted octanol–water partition coefficient (Wildman–Crippen LogP) is 3.57. The highest BCUT2D eigenvalue weighted by Crippen LogP contribution is 2.22. The second-order valence-corrected chi connectivity index (χ2v) is 5.41. The van der Waals surface area contributed by atoms with Gasteiger partial charge < -0.3 is 4.74 Å². The SMILES string of the molecule is CCCNC(C)(C#N)CC(C)Oc1ccc(F)cc1C. The van der Waals surface area contributed by atoms with Gasteiger partial charge in [-0.05, 0) is 57.5 Å². The molecule has 0 heterocycles. The Morgan fingerprint density at radius 2 is 2.20 bits per heavy atom. The summed E-state index contributed by atoms with van der Waals surface area (Å²) in [5.41, 5.74) is 0.153. The van der Waals surface area contributed by atoms with E-state index in [1.807, 2.05) is 20.8 Å². The molecule has 0 aliphatic rings. The molecule has 4 heteroatoms. The first-order valence-electron chi connectivity index (χ1n) is 6.99. The molecule has 0 spiro atoms. The van der Waals surface area contributed by atoms with Crippen molar-refractivity contribution in [2.45, 2.75) is 52.2 Å². The Morgan fingerprint density at radius 1 is 1.50 bits per heavy atom. The maximum absolute atomic E-state index is 13.0. The molecular formula is C16H23FN2O. The molecule has 0 aromatic heterocycles. The lowest BCUT2D eigenvalue weighted by atomic mass is 9.96. The van der Waals surface area contributed by atoms with E-state index in [9.17, 15) is 9.65 Å². The van der Waals surface area contributed by atoms with Gasteiger partial charge in [0.1, 0.15) is 17.1 Å². The largest absolute Gasteiger partial charge is 0.490 e. The van der Waals surface area contributed by atoms with Gasteiger partial charge in [0, 0.05) is 6.42 Å². The van der Waals surface area contributed by atoms with Crippen LogP contribution < -0.4 is 10.1 Å². The topological polar surface area (TPSA) is 45.0 Å². The first-order valence-corrected chi connectivity index (χ1v) is 6.99. The number of benzene rings is 1. The summed E-state index contributed by atoms with van der Waals surface area (Å²) in [6, 6.07) is 6.76. The number of nitriles is 1. The Morgan fingerprint density at radius 3 is 2.75 bits per heavy atom. The molecule has 0 saturated carbocycles. The van der Waals surface area contributed by atoms with E-state index in [1.165, 1.54) is 12.1 Å². The number of hydrogen-bond acceptors (Lipinski definition) is 3. The summed E-state index contributed by atoms with van der Waals surface area (Å²) in [5, 5.41) is 12.5. The number of rotatable bonds is 7. The summed E-state index contributed by atoms with van der Waals surface area (Å²) in [4.78, 5) is 0. The molecule has 3 nitrogen and oxygen atoms in total. The van der Waals surface area contributed by atoms with E-state index in [1.54, 1.807) is 6.07 Å². The maximum Gasteiger partial charge on any atom is 0.123 e. The highest BCUT2D eigenvalue weighted by molar-refractivity contribution is 5.32. The van der Waals surface area contributed by atoms with Crippen LogP contribution in [0.15, 0.2) is 18.2 Å². The molecule has 2 atom stereocenters. The van der Waals surface area contributed by atoms with Crippen LogP contribution in [-0.4, -0.2) is 18.2 Å². The monoisotopic (exact) mass is 278 g/mol. The Hall–Kier alpha value is -1.60. The van der Waals surface area contributed by atoms with Crippen LogP contribution >= 0.6 is 0 Å². The number of ether oxygens (including phenoxy) is 1. The van der Waals surface area contributed by atoms with Gasteiger partial charge >= 0.3 is 0 Å². The average Bonchev–Trinajstić information content (AvgIpc) is 2.40. The molecule has 0 saturated heterocycles. The molecule has 2 unspecified atom stereocenters. The maximum atomic E-state index is 13.0. The second-order valence-electron chi connectivity index (χ2n) is 5.41. The van der Waals surface area contributed by atoms with Crippen LogP contribution in [0.2, 0.25) is 0 Å². The molecule has 0 radical (unpaired) electrons. The van der Waals surface area contributed by atoms with E-state index in [0.29, 0.717) is 12.2 Å². The number of nitrogens with one attached hydrogen (secondary N) is 1. The molecule has 0 aliphatic carbocycles. The molecule has 0 aliphatic heterocycles. The van der Waals surface area contributed by atoms with Gasteiger partial charge in [-0.3, -0.25) is 5.32 Å². The summed E-state index contributed by atoms with van der Waals surface area (Å²) >= 11 is 0. The van der Waals surface area contributed by atoms with E-state index in [4.69, 9.17) is 4.74 Å². The van der Waals surface area contributed by atoms with Crippen LogP contribution in [0.1, 0.15) is 39.2 Å². The summed E-state index contributed by atoms with van der Waals surface area (Å²) in [6.45, 7) is 8.47. The van der Waals surface area contributed by atoms with Crippen molar-refractivity contribution in [2.75, 3.05) is 6.54 Å². The fourth-order valence-electron chi connectivity index (χ4n) is 2.14. The molecular weight excluding hydrogens is 255 g/mol. The van der Waals surface area contributed by atoms with Crippen molar-refractivity contribution in [1.82, 2.24) is 5.32 Å². The predicted molar refractivity (Wildman–Crippen MR) is 78.2 cm³/mol. The van der Waals surface area contributed by atoms with Crippen molar-refractivity contribution in [3.05, 3.63) is 29.6 Å². The quantitative estimate of drug-likeness (QED) is 0.829. The molecule has 0 bridgehead atoms. The lowest BCUT2D eigenvalue weighted by molar-refractivity contribution is 0.178. The van der Waals surface area contributed by atoms with E-state index < -0.39 is 5.54 Å². The molecule has 1 N–H and O–H groups in total. The van der Waals surface area contributed by atoms with E-state index in [2.05, 4.69) is 18.3 Å². The summed E-state index contributed by atoms with van der Waals surface area (Å²) in [5.74, 6) is 0.392. The van der Waals surface area contributed by atoms with E-state index in [0.717, 1.165) is 18.5 Å². The fraction of sp³-hybridized carbons (Fsp3) is 0.562. The van der Waals surface area contributed by atoms with Crippen LogP contribution in [-0.2, 0) is 0 Å². The van der Waals surface area contributed by atoms with Gasteiger partial charge in [0.05, 0.1) is 12.2 Å². The Labute approximate surface area is 120 Å². The average molecular weight is 278 g/mol. The highest BCUT2D eigenvalue weighted by Gasteiger charge is 2.26. The molecule has 0 amide bonds. The lowest BCUT2D eigenvalue weighted by Gasteiger charge is -2.27. The Kier molecular flexibility index (Phi) is 5.97. The van der Waals surface area contributed by atoms with Gasteiger partial charge in [-0.25, -0.2) is 4.39 Å². The number of halogens is 1. The van der Waals surface area contributed by atoms with Crippen molar-refractivity contribution in [2.24, 2.45) is 0 Å². The minimum absolute atomic E-state index is 0.131. The van der Waals surface area contributed by atoms with Crippen molar-refractivity contribution in [3.8, 4) is 11.8 Å². The van der Waals surface area contributed by atoms with Gasteiger partial charge in [0.15, 0.2) is 0 Å². The van der Waals surface area contributed by atoms with Gasteiger partial charge in [-0.15, -0.1) is 0 Å². The fourth-order valence-corrected chi connectivity index (χ4v) is 2.14. The summed E-state index contributed by atoms with van der Waals surface area (Å²) in [7, 11) is 0. The molecule has 20 heavy (non-hydrogen) atoms. The standard InChI is InChI=1S/C16H23FN2O/c1-5-8-19-16(4,11-18)10-13(3)20-15-7-6-14(17)9-12(15)2/h6-7,9,13,19H,5,8,10H2,1-4H3. The highest BCUT2D eigenvalue weighted by atomic mass is 19.1. The van der Waals surface area contributed by atoms with Crippen molar-refractivity contribution >= 4 is 0 Å². The third kappa shape index (κ3) is 4.82. The lowest BCUT2D eigenvalue weighted by Crippen LogP contribution is -2.44. The van der Waals surface area contributed by atoms with E-state index in [-0.39, 0.29) is 11.9 Å².